The third kappa shape index (κ3) is 7.16. The Balaban J connectivity index is 1.69. The monoisotopic (exact) mass is 508 g/mol. The number of aromatic nitrogens is 2. The van der Waals surface area contributed by atoms with Crippen LogP contribution in [0.25, 0.3) is 5.69 Å². The van der Waals surface area contributed by atoms with E-state index in [9.17, 15) is 4.79 Å². The summed E-state index contributed by atoms with van der Waals surface area (Å²) in [5.41, 5.74) is 5.45. The Morgan fingerprint density at radius 1 is 0.737 bits per heavy atom. The number of imidazole rings is 1. The summed E-state index contributed by atoms with van der Waals surface area (Å²) in [7, 11) is 1.66. The van der Waals surface area contributed by atoms with Gasteiger partial charge >= 0.3 is 5.69 Å². The summed E-state index contributed by atoms with van der Waals surface area (Å²) < 4.78 is 9.30. The standard InChI is InChI=1S/C34H40N2O2/c1-3-4-5-6-7-8-9-16-21-32-33(26-28-17-12-10-13-18-28)36(30-22-24-31(38-2)25-23-30)34(37)35(32)27-29-19-14-11-15-20-29/h3,10-15,17-20,22-25H,1,4-9,16,21,26-27H2,2H3. The summed E-state index contributed by atoms with van der Waals surface area (Å²) in [5, 5.41) is 0. The van der Waals surface area contributed by atoms with Crippen LogP contribution in [-0.2, 0) is 19.4 Å². The lowest BCUT2D eigenvalue weighted by atomic mass is 10.0. The van der Waals surface area contributed by atoms with E-state index in [1.807, 2.05) is 63.7 Å². The lowest BCUT2D eigenvalue weighted by Crippen LogP contribution is -2.25. The van der Waals surface area contributed by atoms with Crippen molar-refractivity contribution in [2.75, 3.05) is 7.11 Å². The van der Waals surface area contributed by atoms with E-state index in [-0.39, 0.29) is 5.69 Å². The Morgan fingerprint density at radius 3 is 1.97 bits per heavy atom. The molecule has 0 saturated heterocycles. The number of nitrogens with zero attached hydrogens (tertiary/aromatic N) is 2. The van der Waals surface area contributed by atoms with Gasteiger partial charge in [0.1, 0.15) is 5.75 Å². The van der Waals surface area contributed by atoms with Gasteiger partial charge in [0.25, 0.3) is 0 Å². The van der Waals surface area contributed by atoms with Gasteiger partial charge in [-0.3, -0.25) is 9.13 Å². The van der Waals surface area contributed by atoms with Crippen LogP contribution in [0.5, 0.6) is 5.75 Å². The highest BCUT2D eigenvalue weighted by Crippen LogP contribution is 2.23. The number of allylic oxidation sites excluding steroid dienone is 1. The van der Waals surface area contributed by atoms with Crippen molar-refractivity contribution in [3.63, 3.8) is 0 Å². The zero-order chi connectivity index (χ0) is 26.6. The highest BCUT2D eigenvalue weighted by Gasteiger charge is 2.21. The van der Waals surface area contributed by atoms with Crippen molar-refractivity contribution >= 4 is 0 Å². The van der Waals surface area contributed by atoms with Crippen LogP contribution in [0.1, 0.15) is 67.5 Å². The van der Waals surface area contributed by atoms with Gasteiger partial charge in [0, 0.05) is 12.1 Å². The number of methoxy groups -OCH3 is 1. The molecule has 1 heterocycles. The summed E-state index contributed by atoms with van der Waals surface area (Å²) in [6, 6.07) is 28.6. The Labute approximate surface area is 227 Å². The Kier molecular flexibility index (Phi) is 10.2. The van der Waals surface area contributed by atoms with Gasteiger partial charge in [0.15, 0.2) is 0 Å². The van der Waals surface area contributed by atoms with Crippen molar-refractivity contribution in [2.24, 2.45) is 0 Å². The summed E-state index contributed by atoms with van der Waals surface area (Å²) in [5.74, 6) is 0.781. The van der Waals surface area contributed by atoms with Crippen LogP contribution < -0.4 is 10.4 Å². The van der Waals surface area contributed by atoms with Gasteiger partial charge in [0.05, 0.1) is 25.0 Å². The van der Waals surface area contributed by atoms with Crippen LogP contribution in [0.2, 0.25) is 0 Å². The second-order valence-electron chi connectivity index (χ2n) is 9.89. The molecule has 0 unspecified atom stereocenters. The normalized spacial score (nSPS) is 11.0. The highest BCUT2D eigenvalue weighted by atomic mass is 16.5. The largest absolute Gasteiger partial charge is 0.497 e. The molecule has 4 rings (SSSR count). The number of hydrogen-bond acceptors (Lipinski definition) is 2. The number of rotatable bonds is 15. The van der Waals surface area contributed by atoms with Crippen LogP contribution >= 0.6 is 0 Å². The maximum absolute atomic E-state index is 14.1. The molecule has 38 heavy (non-hydrogen) atoms. The van der Waals surface area contributed by atoms with Crippen LogP contribution in [0.15, 0.2) is 102 Å². The van der Waals surface area contributed by atoms with Gasteiger partial charge in [-0.15, -0.1) is 6.58 Å². The van der Waals surface area contributed by atoms with E-state index in [2.05, 4.69) is 43.0 Å². The molecule has 1 aromatic heterocycles. The van der Waals surface area contributed by atoms with Crippen LogP contribution in [0.3, 0.4) is 0 Å². The van der Waals surface area contributed by atoms with Crippen molar-refractivity contribution < 1.29 is 4.74 Å². The topological polar surface area (TPSA) is 36.2 Å². The molecular formula is C34H40N2O2. The summed E-state index contributed by atoms with van der Waals surface area (Å²) >= 11 is 0. The molecule has 3 aromatic carbocycles. The molecule has 0 spiro atoms. The molecule has 0 aliphatic rings. The van der Waals surface area contributed by atoms with E-state index >= 15 is 0 Å². The minimum Gasteiger partial charge on any atom is -0.497 e. The lowest BCUT2D eigenvalue weighted by molar-refractivity contribution is 0.414. The van der Waals surface area contributed by atoms with Gasteiger partial charge in [-0.1, -0.05) is 92.4 Å². The average molecular weight is 509 g/mol. The summed E-state index contributed by atoms with van der Waals surface area (Å²) in [6.07, 6.45) is 11.9. The van der Waals surface area contributed by atoms with Gasteiger partial charge in [-0.25, -0.2) is 4.79 Å². The van der Waals surface area contributed by atoms with Crippen molar-refractivity contribution in [1.29, 1.82) is 0 Å². The Morgan fingerprint density at radius 2 is 1.34 bits per heavy atom. The number of unbranched alkanes of at least 4 members (excludes halogenated alkanes) is 6. The fourth-order valence-corrected chi connectivity index (χ4v) is 5.10. The van der Waals surface area contributed by atoms with E-state index in [1.54, 1.807) is 7.11 Å². The number of benzene rings is 3. The maximum Gasteiger partial charge on any atom is 0.333 e. The van der Waals surface area contributed by atoms with Crippen molar-refractivity contribution in [1.82, 2.24) is 9.13 Å². The zero-order valence-electron chi connectivity index (χ0n) is 22.6. The number of ether oxygens (including phenoxy) is 1. The third-order valence-corrected chi connectivity index (χ3v) is 7.15. The average Bonchev–Trinajstić information content (AvgIpc) is 3.21. The van der Waals surface area contributed by atoms with E-state index in [1.165, 1.54) is 37.7 Å². The lowest BCUT2D eigenvalue weighted by Gasteiger charge is -2.12. The summed E-state index contributed by atoms with van der Waals surface area (Å²) in [4.78, 5) is 14.1. The van der Waals surface area contributed by atoms with Crippen molar-refractivity contribution in [2.45, 2.75) is 64.3 Å². The SMILES string of the molecule is C=CCCCCCCCCc1c(Cc2ccccc2)n(-c2ccc(OC)cc2)c(=O)n1Cc1ccccc1. The molecule has 0 aliphatic heterocycles. The van der Waals surface area contributed by atoms with Crippen molar-refractivity contribution in [3.05, 3.63) is 131 Å². The van der Waals surface area contributed by atoms with E-state index in [0.717, 1.165) is 47.7 Å². The smallest absolute Gasteiger partial charge is 0.333 e. The maximum atomic E-state index is 14.1. The van der Waals surface area contributed by atoms with Gasteiger partial charge in [0.2, 0.25) is 0 Å². The molecule has 4 aromatic rings. The second-order valence-corrected chi connectivity index (χ2v) is 9.89. The second kappa shape index (κ2) is 14.2. The quantitative estimate of drug-likeness (QED) is 0.122. The van der Waals surface area contributed by atoms with E-state index in [4.69, 9.17) is 4.74 Å². The molecule has 0 radical (unpaired) electrons. The predicted molar refractivity (Wildman–Crippen MR) is 158 cm³/mol. The highest BCUT2D eigenvalue weighted by molar-refractivity contribution is 5.41. The van der Waals surface area contributed by atoms with Gasteiger partial charge in [-0.2, -0.15) is 0 Å². The first-order chi connectivity index (χ1) is 18.7. The van der Waals surface area contributed by atoms with E-state index < -0.39 is 0 Å². The molecule has 0 amide bonds. The first kappa shape index (κ1) is 27.3. The van der Waals surface area contributed by atoms with Crippen molar-refractivity contribution in [3.8, 4) is 11.4 Å². The minimum absolute atomic E-state index is 0.0179. The molecule has 0 bridgehead atoms. The molecule has 0 aliphatic carbocycles. The van der Waals surface area contributed by atoms with Gasteiger partial charge in [-0.05, 0) is 61.1 Å². The van der Waals surface area contributed by atoms with Crippen LogP contribution in [0.4, 0.5) is 0 Å². The molecule has 198 valence electrons. The Hall–Kier alpha value is -3.79. The molecule has 4 heteroatoms. The van der Waals surface area contributed by atoms with E-state index in [0.29, 0.717) is 13.0 Å². The van der Waals surface area contributed by atoms with Crippen LogP contribution in [-0.4, -0.2) is 16.2 Å². The first-order valence-corrected chi connectivity index (χ1v) is 13.9. The first-order valence-electron chi connectivity index (χ1n) is 13.9. The molecule has 0 atom stereocenters. The summed E-state index contributed by atoms with van der Waals surface area (Å²) in [6.45, 7) is 4.39. The fourth-order valence-electron chi connectivity index (χ4n) is 5.10. The molecule has 0 N–H and O–H groups in total. The molecular weight excluding hydrogens is 468 g/mol. The fraction of sp³-hybridized carbons (Fsp3) is 0.324. The molecule has 0 fully saturated rings. The zero-order valence-corrected chi connectivity index (χ0v) is 22.6. The Bertz CT molecular complexity index is 1320. The third-order valence-electron chi connectivity index (χ3n) is 7.15. The van der Waals surface area contributed by atoms with Crippen LogP contribution in [0, 0.1) is 0 Å². The minimum atomic E-state index is 0.0179. The van der Waals surface area contributed by atoms with Gasteiger partial charge < -0.3 is 4.74 Å². The predicted octanol–water partition coefficient (Wildman–Crippen LogP) is 7.75. The molecule has 0 saturated carbocycles. The molecule has 4 nitrogen and oxygen atoms in total. The number of hydrogen-bond donors (Lipinski definition) is 0.